The van der Waals surface area contributed by atoms with E-state index in [1.54, 1.807) is 12.4 Å². The number of aromatic nitrogens is 2. The average Bonchev–Trinajstić information content (AvgIpc) is 3.09. The lowest BCUT2D eigenvalue weighted by Gasteiger charge is -2.12. The van der Waals surface area contributed by atoms with Crippen molar-refractivity contribution < 1.29 is 4.79 Å². The molecule has 0 aliphatic heterocycles. The van der Waals surface area contributed by atoms with E-state index in [-0.39, 0.29) is 11.9 Å². The van der Waals surface area contributed by atoms with Gasteiger partial charge < -0.3 is 10.3 Å². The van der Waals surface area contributed by atoms with Crippen LogP contribution in [0.25, 0.3) is 0 Å². The zero-order chi connectivity index (χ0) is 13.2. The molecule has 1 aliphatic carbocycles. The maximum Gasteiger partial charge on any atom is 0.251 e. The molecule has 0 bridgehead atoms. The first-order valence-corrected chi connectivity index (χ1v) is 6.66. The van der Waals surface area contributed by atoms with Crippen molar-refractivity contribution >= 4 is 5.91 Å². The van der Waals surface area contributed by atoms with E-state index in [1.165, 1.54) is 17.5 Å². The van der Waals surface area contributed by atoms with E-state index in [2.05, 4.69) is 21.4 Å². The van der Waals surface area contributed by atoms with E-state index in [1.807, 2.05) is 19.1 Å². The van der Waals surface area contributed by atoms with E-state index in [0.717, 1.165) is 24.2 Å². The van der Waals surface area contributed by atoms with Crippen LogP contribution >= 0.6 is 0 Å². The smallest absolute Gasteiger partial charge is 0.251 e. The van der Waals surface area contributed by atoms with Crippen LogP contribution < -0.4 is 5.32 Å². The molecule has 0 saturated carbocycles. The molecule has 0 saturated heterocycles. The number of benzene rings is 1. The van der Waals surface area contributed by atoms with Crippen molar-refractivity contribution in [2.45, 2.75) is 32.2 Å². The van der Waals surface area contributed by atoms with Crippen molar-refractivity contribution in [3.63, 3.8) is 0 Å². The van der Waals surface area contributed by atoms with Gasteiger partial charge in [-0.15, -0.1) is 0 Å². The van der Waals surface area contributed by atoms with Crippen molar-refractivity contribution in [3.8, 4) is 0 Å². The molecule has 1 aromatic heterocycles. The van der Waals surface area contributed by atoms with Crippen LogP contribution in [0.1, 0.15) is 46.7 Å². The topological polar surface area (TPSA) is 57.8 Å². The number of H-pyrrole nitrogens is 1. The van der Waals surface area contributed by atoms with Gasteiger partial charge >= 0.3 is 0 Å². The summed E-state index contributed by atoms with van der Waals surface area (Å²) in [6.07, 6.45) is 6.87. The number of fused-ring (bicyclic) bond motifs is 1. The van der Waals surface area contributed by atoms with Gasteiger partial charge in [0.2, 0.25) is 0 Å². The monoisotopic (exact) mass is 255 g/mol. The number of aromatic amines is 1. The summed E-state index contributed by atoms with van der Waals surface area (Å²) in [4.78, 5) is 19.4. The number of hydrogen-bond acceptors (Lipinski definition) is 2. The minimum atomic E-state index is -0.115. The average molecular weight is 255 g/mol. The number of carbonyl (C=O) groups is 1. The van der Waals surface area contributed by atoms with Crippen LogP contribution in [0.3, 0.4) is 0 Å². The van der Waals surface area contributed by atoms with Gasteiger partial charge in [0, 0.05) is 18.0 Å². The molecule has 1 aliphatic rings. The van der Waals surface area contributed by atoms with Gasteiger partial charge in [0.25, 0.3) is 5.91 Å². The van der Waals surface area contributed by atoms with Gasteiger partial charge in [-0.25, -0.2) is 4.98 Å². The predicted octanol–water partition coefficient (Wildman–Crippen LogP) is 2.39. The van der Waals surface area contributed by atoms with Gasteiger partial charge in [-0.1, -0.05) is 6.07 Å². The summed E-state index contributed by atoms with van der Waals surface area (Å²) < 4.78 is 0. The van der Waals surface area contributed by atoms with Gasteiger partial charge in [-0.2, -0.15) is 0 Å². The van der Waals surface area contributed by atoms with Gasteiger partial charge in [-0.3, -0.25) is 4.79 Å². The van der Waals surface area contributed by atoms with Crippen LogP contribution in [-0.4, -0.2) is 15.9 Å². The lowest BCUT2D eigenvalue weighted by molar-refractivity contribution is 0.0938. The van der Waals surface area contributed by atoms with E-state index in [4.69, 9.17) is 0 Å². The number of hydrogen-bond donors (Lipinski definition) is 2. The standard InChI is InChI=1S/C15H17N3O/c1-10(14-16-7-8-17-14)18-15(19)13-6-5-11-3-2-4-12(11)9-13/h5-10H,2-4H2,1H3,(H,16,17)(H,18,19)/t10-/m0/s1. The molecule has 4 heteroatoms. The second kappa shape index (κ2) is 4.88. The van der Waals surface area contributed by atoms with Crippen LogP contribution in [0.2, 0.25) is 0 Å². The summed E-state index contributed by atoms with van der Waals surface area (Å²) in [5, 5.41) is 2.96. The number of imidazole rings is 1. The maximum absolute atomic E-state index is 12.2. The third kappa shape index (κ3) is 2.38. The molecule has 1 amide bonds. The molecule has 1 atom stereocenters. The second-order valence-electron chi connectivity index (χ2n) is 5.01. The summed E-state index contributed by atoms with van der Waals surface area (Å²) >= 11 is 0. The van der Waals surface area contributed by atoms with E-state index >= 15 is 0 Å². The first-order chi connectivity index (χ1) is 9.24. The number of carbonyl (C=O) groups excluding carboxylic acids is 1. The molecule has 0 unspecified atom stereocenters. The Balaban J connectivity index is 1.74. The van der Waals surface area contributed by atoms with Crippen molar-refractivity contribution in [2.75, 3.05) is 0 Å². The van der Waals surface area contributed by atoms with E-state index < -0.39 is 0 Å². The highest BCUT2D eigenvalue weighted by atomic mass is 16.1. The van der Waals surface area contributed by atoms with Crippen molar-refractivity contribution in [2.24, 2.45) is 0 Å². The maximum atomic E-state index is 12.2. The zero-order valence-electron chi connectivity index (χ0n) is 10.9. The van der Waals surface area contributed by atoms with E-state index in [0.29, 0.717) is 0 Å². The van der Waals surface area contributed by atoms with Crippen LogP contribution in [0, 0.1) is 0 Å². The molecular weight excluding hydrogens is 238 g/mol. The molecule has 1 heterocycles. The molecule has 4 nitrogen and oxygen atoms in total. The first kappa shape index (κ1) is 12.0. The number of amides is 1. The fourth-order valence-corrected chi connectivity index (χ4v) is 2.58. The van der Waals surface area contributed by atoms with Crippen LogP contribution in [-0.2, 0) is 12.8 Å². The molecule has 98 valence electrons. The number of rotatable bonds is 3. The Morgan fingerprint density at radius 3 is 3.00 bits per heavy atom. The Morgan fingerprint density at radius 1 is 1.37 bits per heavy atom. The number of aryl methyl sites for hydroxylation is 2. The summed E-state index contributed by atoms with van der Waals surface area (Å²) in [6.45, 7) is 1.92. The Morgan fingerprint density at radius 2 is 2.21 bits per heavy atom. The molecular formula is C15H17N3O. The molecule has 1 aromatic carbocycles. The Hall–Kier alpha value is -2.10. The normalized spacial score (nSPS) is 15.0. The second-order valence-corrected chi connectivity index (χ2v) is 5.01. The molecule has 0 radical (unpaired) electrons. The summed E-state index contributed by atoms with van der Waals surface area (Å²) in [5.41, 5.74) is 3.44. The van der Waals surface area contributed by atoms with Gasteiger partial charge in [0.05, 0.1) is 6.04 Å². The van der Waals surface area contributed by atoms with E-state index in [9.17, 15) is 4.79 Å². The van der Waals surface area contributed by atoms with Crippen molar-refractivity contribution in [3.05, 3.63) is 53.1 Å². The molecule has 3 rings (SSSR count). The molecule has 0 fully saturated rings. The molecule has 19 heavy (non-hydrogen) atoms. The lowest BCUT2D eigenvalue weighted by Crippen LogP contribution is -2.27. The zero-order valence-corrected chi connectivity index (χ0v) is 10.9. The summed E-state index contributed by atoms with van der Waals surface area (Å²) in [7, 11) is 0. The van der Waals surface area contributed by atoms with Gasteiger partial charge in [0.1, 0.15) is 5.82 Å². The third-order valence-corrected chi connectivity index (χ3v) is 3.64. The Labute approximate surface area is 112 Å². The highest BCUT2D eigenvalue weighted by Gasteiger charge is 2.16. The van der Waals surface area contributed by atoms with Crippen LogP contribution in [0.5, 0.6) is 0 Å². The largest absolute Gasteiger partial charge is 0.347 e. The highest BCUT2D eigenvalue weighted by molar-refractivity contribution is 5.94. The van der Waals surface area contributed by atoms with Gasteiger partial charge in [0.15, 0.2) is 0 Å². The van der Waals surface area contributed by atoms with Crippen LogP contribution in [0.4, 0.5) is 0 Å². The van der Waals surface area contributed by atoms with Crippen LogP contribution in [0.15, 0.2) is 30.6 Å². The molecule has 0 spiro atoms. The lowest BCUT2D eigenvalue weighted by atomic mass is 10.1. The number of nitrogens with one attached hydrogen (secondary N) is 2. The van der Waals surface area contributed by atoms with Crippen molar-refractivity contribution in [1.82, 2.24) is 15.3 Å². The summed E-state index contributed by atoms with van der Waals surface area (Å²) in [5.74, 6) is 0.730. The predicted molar refractivity (Wildman–Crippen MR) is 72.9 cm³/mol. The summed E-state index contributed by atoms with van der Waals surface area (Å²) in [6, 6.07) is 5.89. The quantitative estimate of drug-likeness (QED) is 0.884. The minimum absolute atomic E-state index is 0.0430. The highest BCUT2D eigenvalue weighted by Crippen LogP contribution is 2.23. The number of nitrogens with zero attached hydrogens (tertiary/aromatic N) is 1. The fraction of sp³-hybridized carbons (Fsp3) is 0.333. The minimum Gasteiger partial charge on any atom is -0.347 e. The first-order valence-electron chi connectivity index (χ1n) is 6.66. The van der Waals surface area contributed by atoms with Gasteiger partial charge in [-0.05, 0) is 49.4 Å². The third-order valence-electron chi connectivity index (χ3n) is 3.64. The van der Waals surface area contributed by atoms with Crippen molar-refractivity contribution in [1.29, 1.82) is 0 Å². The Kier molecular flexibility index (Phi) is 3.07. The molecule has 2 N–H and O–H groups in total. The molecule has 2 aromatic rings. The Bertz CT molecular complexity index is 589. The fourth-order valence-electron chi connectivity index (χ4n) is 2.58. The SMILES string of the molecule is C[C@H](NC(=O)c1ccc2c(c1)CCC2)c1ncc[nH]1.